The van der Waals surface area contributed by atoms with E-state index in [1.54, 1.807) is 0 Å². The molecule has 0 bridgehead atoms. The number of primary amides is 1. The molecule has 0 unspecified atom stereocenters. The minimum atomic E-state index is -0.419. The maximum absolute atomic E-state index is 11.6. The number of aromatic nitrogens is 2. The monoisotopic (exact) mass is 294 g/mol. The second-order valence-electron chi connectivity index (χ2n) is 4.33. The molecular weight excluding hydrogens is 278 g/mol. The third-order valence-corrected chi connectivity index (χ3v) is 5.21. The molecule has 0 saturated carbocycles. The Bertz CT molecular complexity index is 584. The van der Waals surface area contributed by atoms with Crippen LogP contribution in [0, 0.1) is 12.4 Å². The van der Waals surface area contributed by atoms with E-state index in [4.69, 9.17) is 5.73 Å². The summed E-state index contributed by atoms with van der Waals surface area (Å²) in [6, 6.07) is 0. The zero-order valence-electron chi connectivity index (χ0n) is 11.2. The van der Waals surface area contributed by atoms with Crippen molar-refractivity contribution in [3.05, 3.63) is 21.1 Å². The van der Waals surface area contributed by atoms with Crippen molar-refractivity contribution in [3.8, 4) is 10.6 Å². The summed E-state index contributed by atoms with van der Waals surface area (Å²) in [5.41, 5.74) is 9.82. The quantitative estimate of drug-likeness (QED) is 0.919. The van der Waals surface area contributed by atoms with E-state index in [-0.39, 0.29) is 0 Å². The molecule has 1 radical (unpaired) electrons. The van der Waals surface area contributed by atoms with Gasteiger partial charge in [0.1, 0.15) is 10.6 Å². The third kappa shape index (κ3) is 2.69. The molecule has 0 atom stereocenters. The van der Waals surface area contributed by atoms with Gasteiger partial charge in [0.15, 0.2) is 5.51 Å². The Morgan fingerprint density at radius 2 is 2.11 bits per heavy atom. The highest BCUT2D eigenvalue weighted by Crippen LogP contribution is 2.36. The van der Waals surface area contributed by atoms with Crippen LogP contribution in [0.5, 0.6) is 0 Å². The van der Waals surface area contributed by atoms with E-state index in [0.29, 0.717) is 16.5 Å². The van der Waals surface area contributed by atoms with E-state index < -0.39 is 5.91 Å². The van der Waals surface area contributed by atoms with Crippen molar-refractivity contribution in [2.24, 2.45) is 5.73 Å². The molecule has 2 aromatic rings. The molecule has 0 spiro atoms. The fraction of sp³-hybridized carbons (Fsp3) is 0.462. The number of hydrogen-bond donors (Lipinski definition) is 1. The summed E-state index contributed by atoms with van der Waals surface area (Å²) < 4.78 is 0. The first-order valence-electron chi connectivity index (χ1n) is 6.22. The number of nitrogens with two attached hydrogens (primary N) is 1. The van der Waals surface area contributed by atoms with Gasteiger partial charge in [0.2, 0.25) is 0 Å². The second-order valence-corrected chi connectivity index (χ2v) is 6.15. The molecule has 101 valence electrons. The number of thiazole rings is 2. The Labute approximate surface area is 120 Å². The molecule has 1 amide bonds. The molecular formula is C13H16N3OS2. The standard InChI is InChI=1S/C13H16N3OS2/c1-4-8(5-2)13-16-9(11(19-13)12(14)17)10-7(3)15-6-18-10/h8H,4-5H2,1-3H3,(H2,14,17). The topological polar surface area (TPSA) is 68.9 Å². The molecule has 2 rings (SSSR count). The minimum Gasteiger partial charge on any atom is -0.365 e. The minimum absolute atomic E-state index is 0.383. The SMILES string of the molecule is CCC(CC)c1nc(-c2s[c]nc2C)c(C(N)=O)s1. The highest BCUT2D eigenvalue weighted by Gasteiger charge is 2.23. The van der Waals surface area contributed by atoms with Crippen LogP contribution in [-0.4, -0.2) is 15.9 Å². The summed E-state index contributed by atoms with van der Waals surface area (Å²) in [4.78, 5) is 21.8. The number of carbonyl (C=O) groups excluding carboxylic acids is 1. The van der Waals surface area contributed by atoms with Gasteiger partial charge < -0.3 is 5.73 Å². The Balaban J connectivity index is 2.54. The normalized spacial score (nSPS) is 11.2. The predicted octanol–water partition coefficient (Wildman–Crippen LogP) is 3.38. The number of amides is 1. The molecule has 0 aromatic carbocycles. The molecule has 19 heavy (non-hydrogen) atoms. The van der Waals surface area contributed by atoms with Crippen LogP contribution in [0.15, 0.2) is 0 Å². The van der Waals surface area contributed by atoms with Gasteiger partial charge in [-0.15, -0.1) is 22.7 Å². The highest BCUT2D eigenvalue weighted by atomic mass is 32.1. The smallest absolute Gasteiger partial charge is 0.261 e. The average molecular weight is 294 g/mol. The largest absolute Gasteiger partial charge is 0.365 e. The van der Waals surface area contributed by atoms with Gasteiger partial charge in [-0.1, -0.05) is 13.8 Å². The first-order valence-corrected chi connectivity index (χ1v) is 7.86. The highest BCUT2D eigenvalue weighted by molar-refractivity contribution is 7.16. The average Bonchev–Trinajstić information content (AvgIpc) is 2.97. The van der Waals surface area contributed by atoms with Crippen molar-refractivity contribution >= 4 is 28.6 Å². The van der Waals surface area contributed by atoms with Crippen LogP contribution in [-0.2, 0) is 0 Å². The number of aryl methyl sites for hydroxylation is 1. The van der Waals surface area contributed by atoms with Crippen molar-refractivity contribution < 1.29 is 4.79 Å². The zero-order chi connectivity index (χ0) is 14.0. The van der Waals surface area contributed by atoms with Gasteiger partial charge in [-0.2, -0.15) is 0 Å². The van der Waals surface area contributed by atoms with Crippen LogP contribution < -0.4 is 5.73 Å². The lowest BCUT2D eigenvalue weighted by atomic mass is 10.1. The van der Waals surface area contributed by atoms with Crippen LogP contribution >= 0.6 is 22.7 Å². The van der Waals surface area contributed by atoms with Gasteiger partial charge >= 0.3 is 0 Å². The van der Waals surface area contributed by atoms with Crippen molar-refractivity contribution in [1.29, 1.82) is 0 Å². The van der Waals surface area contributed by atoms with E-state index in [1.807, 2.05) is 6.92 Å². The van der Waals surface area contributed by atoms with Gasteiger partial charge in [-0.3, -0.25) is 4.79 Å². The van der Waals surface area contributed by atoms with Crippen molar-refractivity contribution in [2.75, 3.05) is 0 Å². The van der Waals surface area contributed by atoms with E-state index in [2.05, 4.69) is 29.3 Å². The number of rotatable bonds is 5. The fourth-order valence-electron chi connectivity index (χ4n) is 1.95. The van der Waals surface area contributed by atoms with Crippen molar-refractivity contribution in [2.45, 2.75) is 39.5 Å². The second kappa shape index (κ2) is 5.79. The maximum atomic E-state index is 11.6. The zero-order valence-corrected chi connectivity index (χ0v) is 12.8. The summed E-state index contributed by atoms with van der Waals surface area (Å²) in [6.07, 6.45) is 2.02. The Kier molecular flexibility index (Phi) is 4.31. The lowest BCUT2D eigenvalue weighted by Gasteiger charge is -2.06. The molecule has 2 N–H and O–H groups in total. The Hall–Kier alpha value is -1.27. The lowest BCUT2D eigenvalue weighted by molar-refractivity contribution is 0.100. The van der Waals surface area contributed by atoms with Crippen LogP contribution in [0.3, 0.4) is 0 Å². The van der Waals surface area contributed by atoms with E-state index >= 15 is 0 Å². The van der Waals surface area contributed by atoms with E-state index in [1.165, 1.54) is 22.7 Å². The molecule has 0 fully saturated rings. The lowest BCUT2D eigenvalue weighted by Crippen LogP contribution is -2.10. The predicted molar refractivity (Wildman–Crippen MR) is 78.6 cm³/mol. The van der Waals surface area contributed by atoms with Crippen LogP contribution in [0.1, 0.15) is 53.0 Å². The van der Waals surface area contributed by atoms with Crippen molar-refractivity contribution in [3.63, 3.8) is 0 Å². The van der Waals surface area contributed by atoms with Gasteiger partial charge in [-0.25, -0.2) is 9.97 Å². The molecule has 6 heteroatoms. The molecule has 0 aliphatic carbocycles. The molecule has 0 aliphatic rings. The van der Waals surface area contributed by atoms with E-state index in [9.17, 15) is 4.79 Å². The molecule has 4 nitrogen and oxygen atoms in total. The first-order chi connectivity index (χ1) is 9.08. The molecule has 0 aliphatic heterocycles. The van der Waals surface area contributed by atoms with Gasteiger partial charge in [0.05, 0.1) is 15.6 Å². The van der Waals surface area contributed by atoms with Crippen LogP contribution in [0.2, 0.25) is 0 Å². The summed E-state index contributed by atoms with van der Waals surface area (Å²) >= 11 is 2.79. The Morgan fingerprint density at radius 3 is 2.58 bits per heavy atom. The fourth-order valence-corrected chi connectivity index (χ4v) is 3.92. The molecule has 0 saturated heterocycles. The maximum Gasteiger partial charge on any atom is 0.261 e. The summed E-state index contributed by atoms with van der Waals surface area (Å²) in [5.74, 6) is -0.0356. The van der Waals surface area contributed by atoms with Gasteiger partial charge in [0.25, 0.3) is 5.91 Å². The van der Waals surface area contributed by atoms with E-state index in [0.717, 1.165) is 28.4 Å². The Morgan fingerprint density at radius 1 is 1.42 bits per heavy atom. The number of nitrogens with zero attached hydrogens (tertiary/aromatic N) is 2. The van der Waals surface area contributed by atoms with Crippen LogP contribution in [0.4, 0.5) is 0 Å². The molecule has 2 heterocycles. The summed E-state index contributed by atoms with van der Waals surface area (Å²) in [7, 11) is 0. The molecule has 2 aromatic heterocycles. The van der Waals surface area contributed by atoms with Crippen molar-refractivity contribution in [1.82, 2.24) is 9.97 Å². The summed E-state index contributed by atoms with van der Waals surface area (Å²) in [6.45, 7) is 6.15. The van der Waals surface area contributed by atoms with Crippen LogP contribution in [0.25, 0.3) is 10.6 Å². The number of carbonyl (C=O) groups is 1. The van der Waals surface area contributed by atoms with Gasteiger partial charge in [-0.05, 0) is 19.8 Å². The third-order valence-electron chi connectivity index (χ3n) is 3.11. The van der Waals surface area contributed by atoms with Gasteiger partial charge in [0, 0.05) is 5.92 Å². The summed E-state index contributed by atoms with van der Waals surface area (Å²) in [5, 5.41) is 0.988. The first kappa shape index (κ1) is 14.1. The number of hydrogen-bond acceptors (Lipinski definition) is 5.